The zero-order valence-corrected chi connectivity index (χ0v) is 11.3. The van der Waals surface area contributed by atoms with Crippen LogP contribution < -0.4 is 11.2 Å². The van der Waals surface area contributed by atoms with Gasteiger partial charge in [0, 0.05) is 17.8 Å². The molecular formula is C14H14F2N2O3. The van der Waals surface area contributed by atoms with Crippen LogP contribution >= 0.6 is 0 Å². The first-order chi connectivity index (χ1) is 9.74. The highest BCUT2D eigenvalue weighted by molar-refractivity contribution is 5.87. The van der Waals surface area contributed by atoms with Gasteiger partial charge in [0.2, 0.25) is 5.43 Å². The Hall–Kier alpha value is -2.02. The number of fused-ring (bicyclic) bond motifs is 1. The monoisotopic (exact) mass is 296 g/mol. The maximum absolute atomic E-state index is 14.8. The summed E-state index contributed by atoms with van der Waals surface area (Å²) in [4.78, 5) is 23.5. The molecule has 5 nitrogen and oxygen atoms in total. The molecule has 112 valence electrons. The summed E-state index contributed by atoms with van der Waals surface area (Å²) in [6.45, 7) is 1.13. The molecule has 2 aliphatic rings. The fraction of sp³-hybridized carbons (Fsp3) is 0.429. The second-order valence-corrected chi connectivity index (χ2v) is 5.66. The molecule has 0 spiro atoms. The van der Waals surface area contributed by atoms with Gasteiger partial charge >= 0.3 is 5.97 Å². The third-order valence-corrected chi connectivity index (χ3v) is 3.92. The summed E-state index contributed by atoms with van der Waals surface area (Å²) in [5, 5.41) is 9.12. The number of aromatic nitrogens is 1. The van der Waals surface area contributed by atoms with Crippen LogP contribution in [0, 0.1) is 0 Å². The second kappa shape index (κ2) is 4.24. The first-order valence-corrected chi connectivity index (χ1v) is 6.59. The molecule has 0 amide bonds. The smallest absolute Gasteiger partial charge is 0.341 e. The molecule has 0 aliphatic heterocycles. The number of carboxylic acids is 1. The van der Waals surface area contributed by atoms with Gasteiger partial charge < -0.3 is 15.4 Å². The Morgan fingerprint density at radius 2 is 2.14 bits per heavy atom. The number of rotatable bonds is 2. The summed E-state index contributed by atoms with van der Waals surface area (Å²) >= 11 is 0. The molecule has 0 radical (unpaired) electrons. The largest absolute Gasteiger partial charge is 0.477 e. The van der Waals surface area contributed by atoms with Crippen LogP contribution in [0.3, 0.4) is 0 Å². The van der Waals surface area contributed by atoms with Crippen LogP contribution in [0.15, 0.2) is 22.9 Å². The Morgan fingerprint density at radius 3 is 2.67 bits per heavy atom. The molecule has 21 heavy (non-hydrogen) atoms. The number of aromatic carboxylic acids is 1. The van der Waals surface area contributed by atoms with E-state index in [0.717, 1.165) is 32.0 Å². The minimum atomic E-state index is -2.20. The quantitative estimate of drug-likeness (QED) is 0.873. The van der Waals surface area contributed by atoms with Gasteiger partial charge in [0.1, 0.15) is 11.4 Å². The lowest BCUT2D eigenvalue weighted by molar-refractivity contribution is 0.0693. The van der Waals surface area contributed by atoms with Crippen LogP contribution in [0.2, 0.25) is 0 Å². The number of halogens is 2. The number of pyridine rings is 1. The number of allylic oxidation sites excluding steroid dienone is 1. The van der Waals surface area contributed by atoms with Crippen molar-refractivity contribution in [3.63, 3.8) is 0 Å². The topological polar surface area (TPSA) is 85.3 Å². The third kappa shape index (κ3) is 1.99. The minimum Gasteiger partial charge on any atom is -0.477 e. The van der Waals surface area contributed by atoms with Gasteiger partial charge in [-0.25, -0.2) is 13.6 Å². The summed E-state index contributed by atoms with van der Waals surface area (Å²) in [7, 11) is 0. The van der Waals surface area contributed by atoms with Crippen molar-refractivity contribution in [3.05, 3.63) is 45.1 Å². The van der Waals surface area contributed by atoms with E-state index in [2.05, 4.69) is 0 Å². The van der Waals surface area contributed by atoms with Gasteiger partial charge in [0.05, 0.1) is 11.7 Å². The molecule has 3 N–H and O–H groups in total. The van der Waals surface area contributed by atoms with E-state index in [-0.39, 0.29) is 17.3 Å². The third-order valence-electron chi connectivity index (χ3n) is 3.92. The number of hydrogen-bond donors (Lipinski definition) is 2. The van der Waals surface area contributed by atoms with Crippen LogP contribution in [0.5, 0.6) is 0 Å². The van der Waals surface area contributed by atoms with Crippen molar-refractivity contribution in [3.8, 4) is 0 Å². The summed E-state index contributed by atoms with van der Waals surface area (Å²) < 4.78 is 30.0. The number of carbonyl (C=O) groups is 1. The van der Waals surface area contributed by atoms with E-state index in [1.165, 1.54) is 4.57 Å². The summed E-state index contributed by atoms with van der Waals surface area (Å²) in [6, 6.07) is -1.50. The zero-order chi connectivity index (χ0) is 15.5. The highest BCUT2D eigenvalue weighted by Gasteiger charge is 2.43. The molecule has 1 fully saturated rings. The van der Waals surface area contributed by atoms with Gasteiger partial charge in [-0.05, 0) is 25.8 Å². The SMILES string of the molecule is CC1(F)C=C(F)C(N)c2c1n(C1CC1)cc(C(=O)O)c2=O. The molecule has 2 unspecified atom stereocenters. The van der Waals surface area contributed by atoms with Crippen molar-refractivity contribution in [1.82, 2.24) is 4.57 Å². The molecule has 0 aromatic carbocycles. The molecule has 0 saturated heterocycles. The Morgan fingerprint density at radius 1 is 1.52 bits per heavy atom. The first-order valence-electron chi connectivity index (χ1n) is 6.59. The summed E-state index contributed by atoms with van der Waals surface area (Å²) in [5.41, 5.74) is 1.69. The maximum atomic E-state index is 14.8. The van der Waals surface area contributed by atoms with Crippen LogP contribution in [-0.2, 0) is 5.67 Å². The van der Waals surface area contributed by atoms with E-state index in [1.807, 2.05) is 0 Å². The molecular weight excluding hydrogens is 282 g/mol. The Bertz CT molecular complexity index is 732. The van der Waals surface area contributed by atoms with Crippen molar-refractivity contribution >= 4 is 5.97 Å². The molecule has 1 heterocycles. The Balaban J connectivity index is 2.40. The lowest BCUT2D eigenvalue weighted by atomic mass is 9.86. The van der Waals surface area contributed by atoms with Gasteiger partial charge in [-0.1, -0.05) is 0 Å². The van der Waals surface area contributed by atoms with E-state index < -0.39 is 34.5 Å². The van der Waals surface area contributed by atoms with Gasteiger partial charge in [0.25, 0.3) is 0 Å². The van der Waals surface area contributed by atoms with Crippen molar-refractivity contribution in [2.45, 2.75) is 37.5 Å². The average molecular weight is 296 g/mol. The molecule has 1 saturated carbocycles. The highest BCUT2D eigenvalue weighted by atomic mass is 19.1. The number of carboxylic acid groups (broad SMARTS) is 1. The Labute approximate surface area is 118 Å². The van der Waals surface area contributed by atoms with Crippen LogP contribution in [0.25, 0.3) is 0 Å². The van der Waals surface area contributed by atoms with Gasteiger partial charge in [0.15, 0.2) is 5.67 Å². The van der Waals surface area contributed by atoms with Gasteiger partial charge in [-0.15, -0.1) is 0 Å². The van der Waals surface area contributed by atoms with Crippen molar-refractivity contribution < 1.29 is 18.7 Å². The number of nitrogens with zero attached hydrogens (tertiary/aromatic N) is 1. The zero-order valence-electron chi connectivity index (χ0n) is 11.3. The maximum Gasteiger partial charge on any atom is 0.341 e. The van der Waals surface area contributed by atoms with Gasteiger partial charge in [-0.3, -0.25) is 4.79 Å². The average Bonchev–Trinajstić information content (AvgIpc) is 3.19. The molecule has 0 bridgehead atoms. The summed E-state index contributed by atoms with van der Waals surface area (Å²) in [5.74, 6) is -2.39. The van der Waals surface area contributed by atoms with Crippen LogP contribution in [0.1, 0.15) is 53.5 Å². The lowest BCUT2D eigenvalue weighted by Gasteiger charge is -2.31. The predicted molar refractivity (Wildman–Crippen MR) is 70.5 cm³/mol. The molecule has 7 heteroatoms. The van der Waals surface area contributed by atoms with E-state index in [4.69, 9.17) is 10.8 Å². The van der Waals surface area contributed by atoms with Crippen molar-refractivity contribution in [2.24, 2.45) is 5.73 Å². The van der Waals surface area contributed by atoms with Crippen LogP contribution in [-0.4, -0.2) is 15.6 Å². The normalized spacial score (nSPS) is 28.0. The number of nitrogens with two attached hydrogens (primary N) is 1. The van der Waals surface area contributed by atoms with E-state index >= 15 is 0 Å². The van der Waals surface area contributed by atoms with Crippen molar-refractivity contribution in [1.29, 1.82) is 0 Å². The molecule has 1 aromatic rings. The standard InChI is InChI=1S/C14H14F2N2O3/c1-14(16)4-8(15)10(17)9-11(19)7(13(20)21)5-18(12(9)14)6-2-3-6/h4-6,10H,2-3,17H2,1H3,(H,20,21). The van der Waals surface area contributed by atoms with Gasteiger partial charge in [-0.2, -0.15) is 0 Å². The molecule has 1 aromatic heterocycles. The number of hydrogen-bond acceptors (Lipinski definition) is 3. The lowest BCUT2D eigenvalue weighted by Crippen LogP contribution is -2.38. The minimum absolute atomic E-state index is 0.0334. The molecule has 3 rings (SSSR count). The van der Waals surface area contributed by atoms with E-state index in [1.54, 1.807) is 0 Å². The highest BCUT2D eigenvalue weighted by Crippen LogP contribution is 2.45. The fourth-order valence-corrected chi connectivity index (χ4v) is 2.81. The summed E-state index contributed by atoms with van der Waals surface area (Å²) in [6.07, 6.45) is 3.40. The predicted octanol–water partition coefficient (Wildman–Crippen LogP) is 1.93. The van der Waals surface area contributed by atoms with Crippen molar-refractivity contribution in [2.75, 3.05) is 0 Å². The molecule has 2 aliphatic carbocycles. The Kier molecular flexibility index (Phi) is 2.81. The van der Waals surface area contributed by atoms with E-state index in [0.29, 0.717) is 0 Å². The van der Waals surface area contributed by atoms with E-state index in [9.17, 15) is 18.4 Å². The van der Waals surface area contributed by atoms with Crippen LogP contribution in [0.4, 0.5) is 8.78 Å². The number of alkyl halides is 1. The first kappa shape index (κ1) is 13.9. The second-order valence-electron chi connectivity index (χ2n) is 5.66. The molecule has 2 atom stereocenters. The fourth-order valence-electron chi connectivity index (χ4n) is 2.81.